The van der Waals surface area contributed by atoms with Crippen molar-refractivity contribution in [3.05, 3.63) is 77.6 Å². The lowest BCUT2D eigenvalue weighted by molar-refractivity contribution is 0.0980. The maximum atomic E-state index is 14.2. The molecular formula is C24H29FN4O. The Morgan fingerprint density at radius 1 is 1.13 bits per heavy atom. The van der Waals surface area contributed by atoms with Gasteiger partial charge in [-0.3, -0.25) is 4.79 Å². The summed E-state index contributed by atoms with van der Waals surface area (Å²) in [4.78, 5) is 22.5. The molecule has 0 unspecified atom stereocenters. The Balaban J connectivity index is 1.80. The van der Waals surface area contributed by atoms with Gasteiger partial charge in [-0.15, -0.1) is 0 Å². The molecule has 1 heterocycles. The van der Waals surface area contributed by atoms with E-state index in [0.717, 1.165) is 22.9 Å². The highest BCUT2D eigenvalue weighted by atomic mass is 19.1. The van der Waals surface area contributed by atoms with Crippen LogP contribution in [0.5, 0.6) is 0 Å². The van der Waals surface area contributed by atoms with Crippen molar-refractivity contribution in [1.29, 1.82) is 0 Å². The lowest BCUT2D eigenvalue weighted by Gasteiger charge is -2.25. The summed E-state index contributed by atoms with van der Waals surface area (Å²) >= 11 is 0. The Bertz CT molecular complexity index is 996. The summed E-state index contributed by atoms with van der Waals surface area (Å²) in [6.07, 6.45) is 1.83. The lowest BCUT2D eigenvalue weighted by Crippen LogP contribution is -2.34. The van der Waals surface area contributed by atoms with Gasteiger partial charge >= 0.3 is 0 Å². The molecule has 2 aromatic carbocycles. The molecule has 0 saturated carbocycles. The smallest absolute Gasteiger partial charge is 0.261 e. The molecule has 2 N–H and O–H groups in total. The van der Waals surface area contributed by atoms with E-state index in [4.69, 9.17) is 0 Å². The molecule has 0 aliphatic heterocycles. The van der Waals surface area contributed by atoms with Crippen LogP contribution in [0.4, 0.5) is 15.8 Å². The van der Waals surface area contributed by atoms with E-state index in [1.54, 1.807) is 17.0 Å². The molecule has 0 aliphatic carbocycles. The number of carbonyl (C=O) groups is 1. The number of aromatic amines is 1. The Morgan fingerprint density at radius 3 is 2.57 bits per heavy atom. The summed E-state index contributed by atoms with van der Waals surface area (Å²) in [5.41, 5.74) is 2.68. The number of imidazole rings is 1. The molecule has 5 nitrogen and oxygen atoms in total. The Labute approximate surface area is 177 Å². The van der Waals surface area contributed by atoms with Crippen molar-refractivity contribution in [2.45, 2.75) is 40.2 Å². The number of carbonyl (C=O) groups excluding carboxylic acids is 1. The highest BCUT2D eigenvalue weighted by Gasteiger charge is 2.21. The molecule has 6 heteroatoms. The number of H-pyrrole nitrogens is 1. The predicted molar refractivity (Wildman–Crippen MR) is 119 cm³/mol. The molecule has 0 radical (unpaired) electrons. The topological polar surface area (TPSA) is 61.0 Å². The second-order valence-electron chi connectivity index (χ2n) is 8.14. The van der Waals surface area contributed by atoms with Crippen LogP contribution in [0.15, 0.2) is 54.7 Å². The third kappa shape index (κ3) is 5.26. The van der Waals surface area contributed by atoms with E-state index >= 15 is 0 Å². The second kappa shape index (κ2) is 9.57. The first-order valence-corrected chi connectivity index (χ1v) is 10.3. The molecule has 3 aromatic rings. The molecule has 30 heavy (non-hydrogen) atoms. The number of hydrogen-bond acceptors (Lipinski definition) is 3. The minimum atomic E-state index is -0.509. The molecule has 0 spiro atoms. The Hall–Kier alpha value is -3.15. The second-order valence-corrected chi connectivity index (χ2v) is 8.14. The van der Waals surface area contributed by atoms with Gasteiger partial charge in [0.1, 0.15) is 11.6 Å². The van der Waals surface area contributed by atoms with Gasteiger partial charge in [0.15, 0.2) is 0 Å². The van der Waals surface area contributed by atoms with Gasteiger partial charge < -0.3 is 15.2 Å². The fourth-order valence-electron chi connectivity index (χ4n) is 3.19. The van der Waals surface area contributed by atoms with Gasteiger partial charge in [0.2, 0.25) is 0 Å². The van der Waals surface area contributed by atoms with E-state index < -0.39 is 5.82 Å². The van der Waals surface area contributed by atoms with E-state index in [0.29, 0.717) is 19.0 Å². The SMILES string of the molecule is CC(C)CN(C(=O)c1ccccc1F)c1cccc(NCc2cnc(C(C)C)[nH]2)c1. The van der Waals surface area contributed by atoms with Crippen LogP contribution in [0.25, 0.3) is 0 Å². The fourth-order valence-corrected chi connectivity index (χ4v) is 3.19. The number of nitrogens with one attached hydrogen (secondary N) is 2. The van der Waals surface area contributed by atoms with Crippen molar-refractivity contribution in [2.75, 3.05) is 16.8 Å². The van der Waals surface area contributed by atoms with Crippen molar-refractivity contribution in [3.8, 4) is 0 Å². The van der Waals surface area contributed by atoms with E-state index in [9.17, 15) is 9.18 Å². The molecule has 1 aromatic heterocycles. The largest absolute Gasteiger partial charge is 0.379 e. The number of aromatic nitrogens is 2. The Morgan fingerprint density at radius 2 is 1.90 bits per heavy atom. The van der Waals surface area contributed by atoms with E-state index in [1.807, 2.05) is 44.3 Å². The fraction of sp³-hybridized carbons (Fsp3) is 0.333. The summed E-state index contributed by atoms with van der Waals surface area (Å²) < 4.78 is 14.2. The number of amides is 1. The molecular weight excluding hydrogens is 379 g/mol. The molecule has 0 aliphatic rings. The van der Waals surface area contributed by atoms with Gasteiger partial charge in [-0.1, -0.05) is 45.9 Å². The van der Waals surface area contributed by atoms with Gasteiger partial charge in [0.25, 0.3) is 5.91 Å². The van der Waals surface area contributed by atoms with Gasteiger partial charge in [0.05, 0.1) is 24.0 Å². The quantitative estimate of drug-likeness (QED) is 0.511. The van der Waals surface area contributed by atoms with Crippen molar-refractivity contribution >= 4 is 17.3 Å². The molecule has 3 rings (SSSR count). The van der Waals surface area contributed by atoms with Crippen molar-refractivity contribution in [1.82, 2.24) is 9.97 Å². The van der Waals surface area contributed by atoms with Crippen LogP contribution >= 0.6 is 0 Å². The number of nitrogens with zero attached hydrogens (tertiary/aromatic N) is 2. The minimum absolute atomic E-state index is 0.0789. The van der Waals surface area contributed by atoms with Crippen LogP contribution in [0.2, 0.25) is 0 Å². The van der Waals surface area contributed by atoms with E-state index in [1.165, 1.54) is 12.1 Å². The monoisotopic (exact) mass is 408 g/mol. The molecule has 0 saturated heterocycles. The zero-order valence-electron chi connectivity index (χ0n) is 17.9. The first-order valence-electron chi connectivity index (χ1n) is 10.3. The summed E-state index contributed by atoms with van der Waals surface area (Å²) in [7, 11) is 0. The summed E-state index contributed by atoms with van der Waals surface area (Å²) in [6.45, 7) is 9.34. The highest BCUT2D eigenvalue weighted by molar-refractivity contribution is 6.06. The molecule has 0 bridgehead atoms. The number of benzene rings is 2. The van der Waals surface area contributed by atoms with Crippen LogP contribution in [0.3, 0.4) is 0 Å². The molecule has 0 atom stereocenters. The number of rotatable bonds is 8. The average Bonchev–Trinajstić information content (AvgIpc) is 3.20. The van der Waals surface area contributed by atoms with Crippen LogP contribution in [0.1, 0.15) is 55.5 Å². The molecule has 158 valence electrons. The van der Waals surface area contributed by atoms with Crippen LogP contribution < -0.4 is 10.2 Å². The first kappa shape index (κ1) is 21.6. The van der Waals surface area contributed by atoms with E-state index in [-0.39, 0.29) is 17.4 Å². The van der Waals surface area contributed by atoms with Gasteiger partial charge in [-0.25, -0.2) is 9.37 Å². The summed E-state index contributed by atoms with van der Waals surface area (Å²) in [5, 5.41) is 3.37. The van der Waals surface area contributed by atoms with Gasteiger partial charge in [0, 0.05) is 23.8 Å². The summed E-state index contributed by atoms with van der Waals surface area (Å²) in [6, 6.07) is 13.7. The van der Waals surface area contributed by atoms with Gasteiger partial charge in [-0.05, 0) is 36.2 Å². The molecule has 0 fully saturated rings. The van der Waals surface area contributed by atoms with E-state index in [2.05, 4.69) is 29.1 Å². The van der Waals surface area contributed by atoms with Gasteiger partial charge in [-0.2, -0.15) is 0 Å². The third-order valence-electron chi connectivity index (χ3n) is 4.73. The maximum Gasteiger partial charge on any atom is 0.261 e. The minimum Gasteiger partial charge on any atom is -0.379 e. The number of hydrogen-bond donors (Lipinski definition) is 2. The van der Waals surface area contributed by atoms with Crippen molar-refractivity contribution < 1.29 is 9.18 Å². The first-order chi connectivity index (χ1) is 14.3. The van der Waals surface area contributed by atoms with Crippen LogP contribution in [-0.4, -0.2) is 22.4 Å². The number of anilines is 2. The number of halogens is 1. The predicted octanol–water partition coefficient (Wildman–Crippen LogP) is 5.59. The summed E-state index contributed by atoms with van der Waals surface area (Å²) in [5.74, 6) is 0.687. The van der Waals surface area contributed by atoms with Crippen molar-refractivity contribution in [3.63, 3.8) is 0 Å². The third-order valence-corrected chi connectivity index (χ3v) is 4.73. The maximum absolute atomic E-state index is 14.2. The highest BCUT2D eigenvalue weighted by Crippen LogP contribution is 2.24. The van der Waals surface area contributed by atoms with Crippen LogP contribution in [-0.2, 0) is 6.54 Å². The zero-order valence-corrected chi connectivity index (χ0v) is 17.9. The Kier molecular flexibility index (Phi) is 6.87. The standard InChI is InChI=1S/C24H29FN4O/c1-16(2)15-29(24(30)21-10-5-6-11-22(21)25)20-9-7-8-18(12-20)26-13-19-14-27-23(28-19)17(3)4/h5-12,14,16-17,26H,13,15H2,1-4H3,(H,27,28). The average molecular weight is 409 g/mol. The lowest BCUT2D eigenvalue weighted by atomic mass is 10.1. The van der Waals surface area contributed by atoms with Crippen molar-refractivity contribution in [2.24, 2.45) is 5.92 Å². The zero-order chi connectivity index (χ0) is 21.7. The molecule has 1 amide bonds. The normalized spacial score (nSPS) is 11.2. The van der Waals surface area contributed by atoms with Crippen LogP contribution in [0, 0.1) is 11.7 Å².